The highest BCUT2D eigenvalue weighted by Gasteiger charge is 2.14. The summed E-state index contributed by atoms with van der Waals surface area (Å²) >= 11 is 0. The molecule has 0 radical (unpaired) electrons. The standard InChI is InChI=1S/C17H30N.C6H6O3S/c1-4-5-6-7-8-12-15-18(2,3)16-17-13-10-9-11-14-17;7-10(8,9)6-4-2-1-3-5-6/h9-11,13-14H,4-8,12,15-16H2,1-3H3;1-5H,(H,7,8,9)/q+1;. The van der Waals surface area contributed by atoms with Crippen molar-refractivity contribution in [2.75, 3.05) is 20.6 Å². The highest BCUT2D eigenvalue weighted by atomic mass is 32.2. The van der Waals surface area contributed by atoms with Crippen molar-refractivity contribution in [2.45, 2.75) is 56.9 Å². The fourth-order valence-electron chi connectivity index (χ4n) is 3.07. The lowest BCUT2D eigenvalue weighted by Crippen LogP contribution is -2.39. The van der Waals surface area contributed by atoms with Crippen LogP contribution in [0.2, 0.25) is 0 Å². The third-order valence-electron chi connectivity index (χ3n) is 4.61. The van der Waals surface area contributed by atoms with Crippen LogP contribution < -0.4 is 0 Å². The molecule has 0 aromatic heterocycles. The van der Waals surface area contributed by atoms with Crippen molar-refractivity contribution in [3.8, 4) is 0 Å². The molecule has 0 saturated carbocycles. The summed E-state index contributed by atoms with van der Waals surface area (Å²) in [7, 11) is 0.690. The summed E-state index contributed by atoms with van der Waals surface area (Å²) in [5, 5.41) is 0. The lowest BCUT2D eigenvalue weighted by Gasteiger charge is -2.30. The van der Waals surface area contributed by atoms with Gasteiger partial charge in [-0.25, -0.2) is 0 Å². The lowest BCUT2D eigenvalue weighted by atomic mass is 10.1. The molecule has 0 aliphatic rings. The molecule has 0 unspecified atom stereocenters. The minimum Gasteiger partial charge on any atom is -0.325 e. The molecule has 0 aliphatic carbocycles. The van der Waals surface area contributed by atoms with Crippen LogP contribution in [0.4, 0.5) is 0 Å². The maximum absolute atomic E-state index is 10.4. The fourth-order valence-corrected chi connectivity index (χ4v) is 3.57. The molecular weight excluding hydrogens is 370 g/mol. The van der Waals surface area contributed by atoms with E-state index in [1.807, 2.05) is 0 Å². The third-order valence-corrected chi connectivity index (χ3v) is 5.48. The molecule has 28 heavy (non-hydrogen) atoms. The maximum atomic E-state index is 10.4. The van der Waals surface area contributed by atoms with E-state index < -0.39 is 10.1 Å². The second-order valence-corrected chi connectivity index (χ2v) is 9.28. The van der Waals surface area contributed by atoms with Gasteiger partial charge in [0.25, 0.3) is 10.1 Å². The molecule has 0 aliphatic heterocycles. The van der Waals surface area contributed by atoms with Gasteiger partial charge in [-0.2, -0.15) is 8.42 Å². The molecule has 0 saturated heterocycles. The van der Waals surface area contributed by atoms with Crippen LogP contribution >= 0.6 is 0 Å². The Bertz CT molecular complexity index is 744. The number of unbranched alkanes of at least 4 members (excludes halogenated alkanes) is 5. The minimum absolute atomic E-state index is 0.0741. The predicted molar refractivity (Wildman–Crippen MR) is 117 cm³/mol. The zero-order valence-electron chi connectivity index (χ0n) is 17.5. The molecule has 0 fully saturated rings. The number of benzene rings is 2. The predicted octanol–water partition coefficient (Wildman–Crippen LogP) is 5.56. The van der Waals surface area contributed by atoms with E-state index in [0.29, 0.717) is 0 Å². The second-order valence-electron chi connectivity index (χ2n) is 7.86. The smallest absolute Gasteiger partial charge is 0.294 e. The molecule has 0 bridgehead atoms. The summed E-state index contributed by atoms with van der Waals surface area (Å²) in [4.78, 5) is -0.0741. The van der Waals surface area contributed by atoms with Crippen molar-refractivity contribution >= 4 is 10.1 Å². The largest absolute Gasteiger partial charge is 0.325 e. The molecule has 0 heterocycles. The van der Waals surface area contributed by atoms with Gasteiger partial charge in [-0.3, -0.25) is 4.55 Å². The fraction of sp³-hybridized carbons (Fsp3) is 0.478. The molecule has 0 atom stereocenters. The van der Waals surface area contributed by atoms with E-state index in [1.54, 1.807) is 18.2 Å². The molecule has 0 amide bonds. The number of hydrogen-bond donors (Lipinski definition) is 1. The van der Waals surface area contributed by atoms with Crippen molar-refractivity contribution in [2.24, 2.45) is 0 Å². The summed E-state index contributed by atoms with van der Waals surface area (Å²) in [5.41, 5.74) is 1.45. The van der Waals surface area contributed by atoms with Crippen molar-refractivity contribution in [3.05, 3.63) is 66.2 Å². The van der Waals surface area contributed by atoms with Gasteiger partial charge in [-0.1, -0.05) is 81.1 Å². The lowest BCUT2D eigenvalue weighted by molar-refractivity contribution is -0.903. The first-order chi connectivity index (χ1) is 13.2. The Labute approximate surface area is 171 Å². The molecule has 0 spiro atoms. The minimum atomic E-state index is -4.00. The van der Waals surface area contributed by atoms with Crippen molar-refractivity contribution in [3.63, 3.8) is 0 Å². The van der Waals surface area contributed by atoms with Gasteiger partial charge in [-0.15, -0.1) is 0 Å². The Morgan fingerprint density at radius 3 is 1.79 bits per heavy atom. The summed E-state index contributed by atoms with van der Waals surface area (Å²) in [6, 6.07) is 18.3. The molecule has 2 aromatic rings. The second kappa shape index (κ2) is 12.7. The zero-order chi connectivity index (χ0) is 20.9. The van der Waals surface area contributed by atoms with Crippen LogP contribution in [0.1, 0.15) is 51.0 Å². The van der Waals surface area contributed by atoms with Gasteiger partial charge in [0.15, 0.2) is 0 Å². The normalized spacial score (nSPS) is 11.6. The SMILES string of the molecule is CCCCCCCC[N+](C)(C)Cc1ccccc1.O=S(=O)(O)c1ccccc1. The Hall–Kier alpha value is -1.69. The van der Waals surface area contributed by atoms with Gasteiger partial charge in [0, 0.05) is 5.56 Å². The average molecular weight is 407 g/mol. The maximum Gasteiger partial charge on any atom is 0.294 e. The van der Waals surface area contributed by atoms with Crippen molar-refractivity contribution in [1.82, 2.24) is 0 Å². The topological polar surface area (TPSA) is 54.4 Å². The monoisotopic (exact) mass is 406 g/mol. The summed E-state index contributed by atoms with van der Waals surface area (Å²) in [6.45, 7) is 4.72. The first kappa shape index (κ1) is 24.3. The number of rotatable bonds is 10. The Morgan fingerprint density at radius 1 is 0.786 bits per heavy atom. The molecule has 4 nitrogen and oxygen atoms in total. The van der Waals surface area contributed by atoms with Crippen molar-refractivity contribution in [1.29, 1.82) is 0 Å². The highest BCUT2D eigenvalue weighted by Crippen LogP contribution is 2.12. The molecule has 1 N–H and O–H groups in total. The van der Waals surface area contributed by atoms with Crippen LogP contribution in [-0.4, -0.2) is 38.1 Å². The van der Waals surface area contributed by atoms with E-state index in [-0.39, 0.29) is 4.90 Å². The Morgan fingerprint density at radius 2 is 1.29 bits per heavy atom. The van der Waals surface area contributed by atoms with E-state index in [0.717, 1.165) is 11.0 Å². The van der Waals surface area contributed by atoms with Crippen LogP contribution in [0.3, 0.4) is 0 Å². The molecule has 156 valence electrons. The van der Waals surface area contributed by atoms with Crippen LogP contribution in [0, 0.1) is 0 Å². The summed E-state index contributed by atoms with van der Waals surface area (Å²) in [5.74, 6) is 0. The first-order valence-corrected chi connectivity index (χ1v) is 11.6. The molecular formula is C23H36NO3S+. The van der Waals surface area contributed by atoms with Gasteiger partial charge < -0.3 is 4.48 Å². The van der Waals surface area contributed by atoms with Crippen LogP contribution in [0.15, 0.2) is 65.6 Å². The molecule has 2 rings (SSSR count). The van der Waals surface area contributed by atoms with Crippen molar-refractivity contribution < 1.29 is 17.5 Å². The van der Waals surface area contributed by atoms with Gasteiger partial charge in [-0.05, 0) is 25.0 Å². The van der Waals surface area contributed by atoms with Gasteiger partial charge in [0.05, 0.1) is 25.5 Å². The number of quaternary nitrogens is 1. The van der Waals surface area contributed by atoms with Crippen LogP contribution in [-0.2, 0) is 16.7 Å². The molecule has 2 aromatic carbocycles. The van der Waals surface area contributed by atoms with Gasteiger partial charge in [0.1, 0.15) is 6.54 Å². The number of hydrogen-bond acceptors (Lipinski definition) is 2. The number of nitrogens with zero attached hydrogens (tertiary/aromatic N) is 1. The third kappa shape index (κ3) is 11.2. The van der Waals surface area contributed by atoms with Gasteiger partial charge >= 0.3 is 0 Å². The Balaban J connectivity index is 0.000000330. The van der Waals surface area contributed by atoms with E-state index in [9.17, 15) is 8.42 Å². The zero-order valence-corrected chi connectivity index (χ0v) is 18.4. The van der Waals surface area contributed by atoms with E-state index in [4.69, 9.17) is 4.55 Å². The molecule has 5 heteroatoms. The quantitative estimate of drug-likeness (QED) is 0.319. The highest BCUT2D eigenvalue weighted by molar-refractivity contribution is 7.85. The first-order valence-electron chi connectivity index (χ1n) is 10.1. The average Bonchev–Trinajstić information content (AvgIpc) is 2.65. The van der Waals surface area contributed by atoms with Crippen LogP contribution in [0.5, 0.6) is 0 Å². The van der Waals surface area contributed by atoms with E-state index in [2.05, 4.69) is 51.4 Å². The van der Waals surface area contributed by atoms with Gasteiger partial charge in [0.2, 0.25) is 0 Å². The Kier molecular flexibility index (Phi) is 11.0. The van der Waals surface area contributed by atoms with Crippen LogP contribution in [0.25, 0.3) is 0 Å². The summed E-state index contributed by atoms with van der Waals surface area (Å²) in [6.07, 6.45) is 8.35. The summed E-state index contributed by atoms with van der Waals surface area (Å²) < 4.78 is 30.3. The van der Waals surface area contributed by atoms with E-state index in [1.165, 1.54) is 62.8 Å². The van der Waals surface area contributed by atoms with E-state index >= 15 is 0 Å².